The first-order chi connectivity index (χ1) is 68.8. The molecule has 0 bridgehead atoms. The minimum absolute atomic E-state index is 0.0613. The minimum Gasteiger partial charge on any atom is -0.497 e. The van der Waals surface area contributed by atoms with Gasteiger partial charge in [0.05, 0.1) is 19.3 Å². The molecule has 4 aliphatic rings. The molecule has 1 aromatic rings. The molecule has 23 N–H and O–H groups in total. The molecule has 3 saturated heterocycles. The van der Waals surface area contributed by atoms with Crippen LogP contribution in [0.3, 0.4) is 0 Å². The third kappa shape index (κ3) is 36.6. The predicted molar refractivity (Wildman–Crippen MR) is 572 cm³/mol. The van der Waals surface area contributed by atoms with Gasteiger partial charge in [0.2, 0.25) is 112 Å². The Labute approximate surface area is 853 Å². The zero-order valence-electron chi connectivity index (χ0n) is 86.1. The van der Waals surface area contributed by atoms with Gasteiger partial charge in [-0.3, -0.25) is 35.0 Å². The van der Waals surface area contributed by atoms with E-state index < -0.39 is 283 Å². The smallest absolute Gasteiger partial charge is 0.272 e. The summed E-state index contributed by atoms with van der Waals surface area (Å²) in [5.41, 5.74) is -0.363. The molecule has 18 atom stereocenters. The van der Waals surface area contributed by atoms with E-state index in [9.17, 15) is 122 Å². The van der Waals surface area contributed by atoms with E-state index in [2.05, 4.69) is 89.9 Å². The summed E-state index contributed by atoms with van der Waals surface area (Å²) >= 11 is 1.09. The van der Waals surface area contributed by atoms with E-state index in [-0.39, 0.29) is 91.9 Å². The first kappa shape index (κ1) is 122. The van der Waals surface area contributed by atoms with Gasteiger partial charge in [-0.25, -0.2) is 89.9 Å². The van der Waals surface area contributed by atoms with Gasteiger partial charge in [0.1, 0.15) is 114 Å². The summed E-state index contributed by atoms with van der Waals surface area (Å²) in [6.07, 6.45) is 6.82. The molecule has 146 heavy (non-hydrogen) atoms. The summed E-state index contributed by atoms with van der Waals surface area (Å²) in [4.78, 5) is 123. The number of likely N-dealkylation sites (N-methyl/N-ethyl adjacent to an activating group) is 1. The fourth-order valence-corrected chi connectivity index (χ4v) is 15.7. The van der Waals surface area contributed by atoms with Gasteiger partial charge in [-0.05, 0) is 148 Å². The van der Waals surface area contributed by atoms with Gasteiger partial charge in [0, 0.05) is 44.3 Å². The number of aliphatic hydroxyl groups excluding tert-OH is 21. The number of hydrogen-bond acceptors (Lipinski definition) is 26. The van der Waals surface area contributed by atoms with Gasteiger partial charge in [-0.2, -0.15) is 0 Å². The summed E-state index contributed by atoms with van der Waals surface area (Å²) in [7, 11) is 1.76. The molecule has 49 heteroatoms. The summed E-state index contributed by atoms with van der Waals surface area (Å²) in [6.45, 7) is 27.5. The van der Waals surface area contributed by atoms with Crippen LogP contribution in [0, 0.1) is 40.4 Å². The van der Waals surface area contributed by atoms with Gasteiger partial charge in [-0.1, -0.05) is 137 Å². The summed E-state index contributed by atoms with van der Waals surface area (Å²) in [5.74, 6) is -19.2. The minimum atomic E-state index is -1.78. The summed E-state index contributed by atoms with van der Waals surface area (Å²) in [5, 5.41) is 255. The number of amides is 3. The second-order valence-corrected chi connectivity index (χ2v) is 37.4. The van der Waals surface area contributed by atoms with Crippen molar-refractivity contribution in [1.29, 1.82) is 10.8 Å². The number of nitrogens with zero attached hydrogens (tertiary/aromatic N) is 22. The molecule has 0 aliphatic carbocycles. The standard InChI is InChI=1S/C97H148N24O24S/c1-20-52(13)76(94(142)113-67-47-146-42-39-100-91(139)74(50(9)10)114-85(133)64(43-49(7)8)111-88(67)136)116-83(131)60(23-4)106-87(135)66(46-122)105-73(125)45-101-81(129)62(35-37-71(98)123)110-93(141)77(53(14)21-2)117-92(140)75(51(11)12)115-86(134)65(44-58-31-27-26-28-32-58)112-84(132)63(36-38-72(99)124)109-80(128)55(16)102-78(126)54(15)103-82(130)59(22-3)107-90(138)70-34-29-40-119(70)96(144)61(24-5)108-79(127)56(17)104-89(137)69-33-30-41-120(69)97(145)68(25-6)121-48-118(19)57(18)95(121)143/h22-28,31-32,39,42,49-57,62-67,69-70,74-77,122H,20-21,29-30,33-38,40-41,43-48H2,1-19H3,(H2,98,123)(H2,99,124)(H,100,139)(H,101,129)(H,102,126)(H,103,130)(H,104,137)(H,105,125)(H,106,135)(H,107,138)(H,108,127)(H,109,128)(H,110,141)(H,111,136)(H,112,132)(H,113,142)(H,114,133)(H,115,134)(H,116,131)(H,117,140)/b42-39-,59-22-,60-23-,61-24-,68-25-/t52-,53-,54-,55-,56-,57?,62-,63-,64+,65+,66+,67+,69-,70-,74+,75+,76-,77-/m1/s1. The van der Waals surface area contributed by atoms with Crippen molar-refractivity contribution in [2.75, 3.05) is 45.7 Å². The molecule has 0 saturated carbocycles. The lowest BCUT2D eigenvalue weighted by Crippen LogP contribution is -2.45. The predicted octanol–water partition coefficient (Wildman–Crippen LogP) is 13.3. The van der Waals surface area contributed by atoms with Crippen molar-refractivity contribution in [3.63, 3.8) is 0 Å². The van der Waals surface area contributed by atoms with Crippen LogP contribution in [0.2, 0.25) is 0 Å². The van der Waals surface area contributed by atoms with E-state index in [1.165, 1.54) is 92.2 Å². The Morgan fingerprint density at radius 2 is 1.03 bits per heavy atom. The highest BCUT2D eigenvalue weighted by molar-refractivity contribution is 8.02. The van der Waals surface area contributed by atoms with Crippen LogP contribution in [-0.4, -0.2) is 405 Å². The molecule has 0 radical (unpaired) electrons. The van der Waals surface area contributed by atoms with Crippen LogP contribution in [0.25, 0.3) is 0 Å². The van der Waals surface area contributed by atoms with E-state index in [1.54, 1.807) is 112 Å². The molecule has 3 amide bonds. The maximum Gasteiger partial charge on any atom is 0.272 e. The van der Waals surface area contributed by atoms with E-state index in [0.29, 0.717) is 31.2 Å². The fourth-order valence-electron chi connectivity index (χ4n) is 15.0. The maximum absolute atomic E-state index is 14.2. The zero-order chi connectivity index (χ0) is 110. The lowest BCUT2D eigenvalue weighted by molar-refractivity contribution is -0.134. The van der Waals surface area contributed by atoms with Gasteiger partial charge >= 0.3 is 0 Å². The molecule has 1 unspecified atom stereocenters. The number of nitrogens with one attached hydrogen (secondary N) is 2. The van der Waals surface area contributed by atoms with Crippen LogP contribution >= 0.6 is 11.8 Å². The van der Waals surface area contributed by atoms with Crippen molar-refractivity contribution < 1.29 is 122 Å². The number of allylic oxidation sites excluding steroid dienone is 4. The van der Waals surface area contributed by atoms with Crippen molar-refractivity contribution in [1.82, 2.24) is 19.6 Å². The van der Waals surface area contributed by atoms with E-state index in [1.807, 2.05) is 13.8 Å². The van der Waals surface area contributed by atoms with Crippen molar-refractivity contribution in [2.45, 2.75) is 298 Å². The number of aliphatic hydroxyl groups is 21. The number of hydrogen-bond donors (Lipinski definition) is 23. The highest BCUT2D eigenvalue weighted by atomic mass is 32.2. The van der Waals surface area contributed by atoms with Gasteiger partial charge in [0.25, 0.3) is 11.8 Å². The lowest BCUT2D eigenvalue weighted by Gasteiger charge is -2.28. The largest absolute Gasteiger partial charge is 0.497 e. The van der Waals surface area contributed by atoms with E-state index >= 15 is 0 Å². The number of carbonyl (C=O) groups is 3. The highest BCUT2D eigenvalue weighted by Crippen LogP contribution is 2.30. The first-order valence-corrected chi connectivity index (χ1v) is 49.4. The fraction of sp³-hybridized carbons (Fsp3) is 0.598. The lowest BCUT2D eigenvalue weighted by atomic mass is 9.98. The molecular weight excluding hydrogens is 1920 g/mol. The molecule has 0 spiro atoms. The van der Waals surface area contributed by atoms with Crippen molar-refractivity contribution >= 4 is 147 Å². The van der Waals surface area contributed by atoms with Crippen LogP contribution in [0.15, 0.2) is 179 Å². The van der Waals surface area contributed by atoms with Crippen LogP contribution in [0.5, 0.6) is 0 Å². The molecule has 3 fully saturated rings. The number of thioether (sulfide) groups is 1. The molecule has 4 heterocycles. The second-order valence-electron chi connectivity index (χ2n) is 36.5. The van der Waals surface area contributed by atoms with Gasteiger partial charge < -0.3 is 117 Å². The molecule has 48 nitrogen and oxygen atoms in total. The molecular formula is C97H148N24O24S. The van der Waals surface area contributed by atoms with E-state index in [0.717, 1.165) is 11.8 Å². The number of rotatable bonds is 50. The number of aliphatic imine (C=N–C) groups is 18. The SMILES string of the molecule is C/C=C(\N=C(O)[C@@H](C)N=C(O)[C@H]1CCCN1C(=O)/C(=C/C)N1CN(C)C(C)C1=O)C(=O)N1CCC[C@@H]1C(O)=N/C(=C\C)C(O)=N[C@H](C)C(O)=N[C@H](C)C(O)=N[C@H](CCC(=N)O)C(O)=N[C@@H](Cc1ccccc1)C(O)=N[C@H](C(O)=N[C@@H](C(O)=N[C@H](CCC(=N)O)C(O)=NCC(O)=N[C@@H](CO)C(O)=N/C(=C\C)C(O)=N[C@@H](C(O)=N[C@H]1CS/C=C\N=C(O)[C@H](C(C)C)N=C(O)[C@H](CC(C)C)N=C1O)[C@H](C)CC)[C@H](C)CC)C(C)C. The van der Waals surface area contributed by atoms with Crippen molar-refractivity contribution in [2.24, 2.45) is 119 Å². The second kappa shape index (κ2) is 59.4. The average molecular weight is 2070 g/mol. The highest BCUT2D eigenvalue weighted by Gasteiger charge is 2.43. The molecule has 4 aliphatic heterocycles. The quantitative estimate of drug-likeness (QED) is 0.0164. The number of benzene rings is 1. The Hall–Kier alpha value is -14.0. The average Bonchev–Trinajstić information content (AvgIpc) is 1.64. The van der Waals surface area contributed by atoms with Crippen molar-refractivity contribution in [3.05, 3.63) is 94.6 Å². The van der Waals surface area contributed by atoms with Crippen LogP contribution in [0.1, 0.15) is 201 Å². The Kier molecular flexibility index (Phi) is 49.9. The van der Waals surface area contributed by atoms with Gasteiger partial charge in [-0.15, -0.1) is 11.8 Å². The van der Waals surface area contributed by atoms with Gasteiger partial charge in [0.15, 0.2) is 17.8 Å². The Morgan fingerprint density at radius 1 is 0.527 bits per heavy atom. The molecule has 1 aromatic carbocycles. The van der Waals surface area contributed by atoms with E-state index in [4.69, 9.17) is 10.8 Å². The molecule has 806 valence electrons. The van der Waals surface area contributed by atoms with Crippen molar-refractivity contribution in [3.8, 4) is 0 Å². The normalized spacial score (nSPS) is 23.0. The Bertz CT molecular complexity index is 5400. The number of likely N-dealkylation sites (tertiary alicyclic amines) is 2. The third-order valence-corrected chi connectivity index (χ3v) is 24.9. The Morgan fingerprint density at radius 3 is 1.58 bits per heavy atom. The zero-order valence-corrected chi connectivity index (χ0v) is 86.9. The Balaban J connectivity index is 1.39. The molecule has 0 aromatic heterocycles. The summed E-state index contributed by atoms with van der Waals surface area (Å²) < 4.78 is 0. The monoisotopic (exact) mass is 2070 g/mol. The number of carbonyl (C=O) groups excluding carboxylic acids is 3. The topological polar surface area (TPSA) is 759 Å². The van der Waals surface area contributed by atoms with Crippen LogP contribution < -0.4 is 0 Å². The summed E-state index contributed by atoms with van der Waals surface area (Å²) in [6, 6.07) is -12.4. The maximum atomic E-state index is 14.2. The van der Waals surface area contributed by atoms with Crippen LogP contribution in [0.4, 0.5) is 0 Å². The van der Waals surface area contributed by atoms with Crippen LogP contribution in [-0.2, 0) is 20.8 Å². The third-order valence-electron chi connectivity index (χ3n) is 24.1. The molecule has 5 rings (SSSR count). The first-order valence-electron chi connectivity index (χ1n) is 48.3.